The molecule has 0 aliphatic rings. The van der Waals surface area contributed by atoms with E-state index < -0.39 is 21.9 Å². The lowest BCUT2D eigenvalue weighted by molar-refractivity contribution is -0.136. The molecule has 8 heteroatoms. The lowest BCUT2D eigenvalue weighted by Crippen LogP contribution is -2.33. The Morgan fingerprint density at radius 2 is 1.95 bits per heavy atom. The van der Waals surface area contributed by atoms with Crippen molar-refractivity contribution in [2.24, 2.45) is 0 Å². The Hall–Kier alpha value is -1.93. The molecule has 0 atom stereocenters. The number of sulfonamides is 1. The van der Waals surface area contributed by atoms with E-state index in [1.165, 1.54) is 35.6 Å². The van der Waals surface area contributed by atoms with E-state index in [0.29, 0.717) is 0 Å². The second kappa shape index (κ2) is 7.37. The molecule has 2 N–H and O–H groups in total. The van der Waals surface area contributed by atoms with Gasteiger partial charge in [-0.05, 0) is 32.0 Å². The fraction of sp³-hybridized carbons (Fsp3) is 0.429. The number of hydrogen-bond acceptors (Lipinski definition) is 4. The minimum absolute atomic E-state index is 0.0168. The Labute approximate surface area is 130 Å². The Balaban J connectivity index is 2.95. The number of carboxylic acids is 1. The highest BCUT2D eigenvalue weighted by molar-refractivity contribution is 7.89. The first kappa shape index (κ1) is 18.1. The van der Waals surface area contributed by atoms with Gasteiger partial charge in [0.25, 0.3) is 5.91 Å². The molecule has 0 radical (unpaired) electrons. The largest absolute Gasteiger partial charge is 0.481 e. The average Bonchev–Trinajstić information content (AvgIpc) is 2.45. The van der Waals surface area contributed by atoms with Gasteiger partial charge in [-0.2, -0.15) is 4.31 Å². The fourth-order valence-corrected chi connectivity index (χ4v) is 3.04. The third-order valence-corrected chi connectivity index (χ3v) is 5.15. The molecule has 7 nitrogen and oxygen atoms in total. The molecule has 0 aliphatic carbocycles. The molecule has 1 rings (SSSR count). The minimum atomic E-state index is -3.67. The molecule has 1 aromatic rings. The summed E-state index contributed by atoms with van der Waals surface area (Å²) in [7, 11) is -2.20. The van der Waals surface area contributed by atoms with Crippen LogP contribution < -0.4 is 5.32 Å². The second-order valence-electron chi connectivity index (χ2n) is 5.04. The molecule has 0 unspecified atom stereocenters. The maximum absolute atomic E-state index is 12.4. The van der Waals surface area contributed by atoms with E-state index in [2.05, 4.69) is 5.32 Å². The highest BCUT2D eigenvalue weighted by Crippen LogP contribution is 2.17. The summed E-state index contributed by atoms with van der Waals surface area (Å²) in [5, 5.41) is 11.0. The van der Waals surface area contributed by atoms with Gasteiger partial charge in [0.1, 0.15) is 0 Å². The van der Waals surface area contributed by atoms with Crippen LogP contribution in [0.3, 0.4) is 0 Å². The smallest absolute Gasteiger partial charge is 0.305 e. The van der Waals surface area contributed by atoms with Crippen LogP contribution in [0.25, 0.3) is 0 Å². The van der Waals surface area contributed by atoms with Crippen LogP contribution >= 0.6 is 0 Å². The van der Waals surface area contributed by atoms with Crippen molar-refractivity contribution >= 4 is 21.9 Å². The van der Waals surface area contributed by atoms with Crippen LogP contribution in [-0.4, -0.2) is 49.3 Å². The zero-order valence-corrected chi connectivity index (χ0v) is 13.6. The number of benzene rings is 1. The van der Waals surface area contributed by atoms with Crippen LogP contribution in [0, 0.1) is 0 Å². The summed E-state index contributed by atoms with van der Waals surface area (Å²) < 4.78 is 26.0. The first-order chi connectivity index (χ1) is 10.2. The van der Waals surface area contributed by atoms with Gasteiger partial charge in [-0.25, -0.2) is 8.42 Å². The van der Waals surface area contributed by atoms with Gasteiger partial charge in [-0.1, -0.05) is 6.07 Å². The molecule has 0 heterocycles. The van der Waals surface area contributed by atoms with Crippen LogP contribution in [0.2, 0.25) is 0 Å². The number of carbonyl (C=O) groups excluding carboxylic acids is 1. The number of nitrogens with zero attached hydrogens (tertiary/aromatic N) is 1. The van der Waals surface area contributed by atoms with Crippen LogP contribution in [0.15, 0.2) is 29.2 Å². The number of nitrogens with one attached hydrogen (secondary N) is 1. The summed E-state index contributed by atoms with van der Waals surface area (Å²) in [4.78, 5) is 22.3. The second-order valence-corrected chi connectivity index (χ2v) is 7.04. The maximum Gasteiger partial charge on any atom is 0.305 e. The van der Waals surface area contributed by atoms with Crippen molar-refractivity contribution in [3.05, 3.63) is 29.8 Å². The van der Waals surface area contributed by atoms with Gasteiger partial charge in [-0.3, -0.25) is 9.59 Å². The van der Waals surface area contributed by atoms with Gasteiger partial charge in [0.15, 0.2) is 0 Å². The van der Waals surface area contributed by atoms with Crippen molar-refractivity contribution in [1.29, 1.82) is 0 Å². The van der Waals surface area contributed by atoms with Crippen molar-refractivity contribution in [2.45, 2.75) is 31.2 Å². The predicted molar refractivity (Wildman–Crippen MR) is 81.1 cm³/mol. The molecular weight excluding hydrogens is 308 g/mol. The maximum atomic E-state index is 12.4. The van der Waals surface area contributed by atoms with Gasteiger partial charge in [0.2, 0.25) is 10.0 Å². The third kappa shape index (κ3) is 4.54. The van der Waals surface area contributed by atoms with Crippen molar-refractivity contribution in [2.75, 3.05) is 13.6 Å². The van der Waals surface area contributed by atoms with Gasteiger partial charge in [-0.15, -0.1) is 0 Å². The molecule has 0 saturated carbocycles. The van der Waals surface area contributed by atoms with E-state index in [1.54, 1.807) is 13.8 Å². The van der Waals surface area contributed by atoms with Crippen LogP contribution in [0.4, 0.5) is 0 Å². The number of aliphatic carboxylic acids is 1. The first-order valence-corrected chi connectivity index (χ1v) is 8.18. The average molecular weight is 328 g/mol. The SMILES string of the molecule is CC(C)N(C)S(=O)(=O)c1cccc(C(=O)NCCC(=O)O)c1. The van der Waals surface area contributed by atoms with Crippen LogP contribution in [0.5, 0.6) is 0 Å². The standard InChI is InChI=1S/C14H20N2O5S/c1-10(2)16(3)22(20,21)12-6-4-5-11(9-12)14(19)15-8-7-13(17)18/h4-6,9-10H,7-8H2,1-3H3,(H,15,19)(H,17,18). The van der Waals surface area contributed by atoms with Gasteiger partial charge < -0.3 is 10.4 Å². The molecule has 1 amide bonds. The zero-order chi connectivity index (χ0) is 16.9. The van der Waals surface area contributed by atoms with E-state index in [9.17, 15) is 18.0 Å². The van der Waals surface area contributed by atoms with Crippen molar-refractivity contribution in [3.8, 4) is 0 Å². The summed E-state index contributed by atoms with van der Waals surface area (Å²) in [6.07, 6.45) is -0.195. The third-order valence-electron chi connectivity index (χ3n) is 3.12. The first-order valence-electron chi connectivity index (χ1n) is 6.74. The van der Waals surface area contributed by atoms with Crippen LogP contribution in [0.1, 0.15) is 30.6 Å². The fourth-order valence-electron chi connectivity index (χ4n) is 1.63. The van der Waals surface area contributed by atoms with Crippen molar-refractivity contribution < 1.29 is 23.1 Å². The predicted octanol–water partition coefficient (Wildman–Crippen LogP) is 0.920. The number of carbonyl (C=O) groups is 2. The topological polar surface area (TPSA) is 104 Å². The molecule has 122 valence electrons. The molecular formula is C14H20N2O5S. The Kier molecular flexibility index (Phi) is 6.07. The number of rotatable bonds is 7. The van der Waals surface area contributed by atoms with E-state index in [0.717, 1.165) is 0 Å². The van der Waals surface area contributed by atoms with Gasteiger partial charge >= 0.3 is 5.97 Å². The molecule has 0 fully saturated rings. The quantitative estimate of drug-likeness (QED) is 0.774. The summed E-state index contributed by atoms with van der Waals surface area (Å²) in [6, 6.07) is 5.45. The normalized spacial score (nSPS) is 11.7. The highest BCUT2D eigenvalue weighted by Gasteiger charge is 2.23. The lowest BCUT2D eigenvalue weighted by Gasteiger charge is -2.21. The Bertz CT molecular complexity index is 655. The van der Waals surface area contributed by atoms with Crippen LogP contribution in [-0.2, 0) is 14.8 Å². The molecule has 0 spiro atoms. The van der Waals surface area contributed by atoms with Gasteiger partial charge in [0, 0.05) is 25.2 Å². The molecule has 0 aromatic heterocycles. The van der Waals surface area contributed by atoms with Crippen molar-refractivity contribution in [1.82, 2.24) is 9.62 Å². The van der Waals surface area contributed by atoms with E-state index in [1.807, 2.05) is 0 Å². The van der Waals surface area contributed by atoms with E-state index in [-0.39, 0.29) is 29.5 Å². The molecule has 0 saturated heterocycles. The number of carboxylic acid groups (broad SMARTS) is 1. The molecule has 1 aromatic carbocycles. The summed E-state index contributed by atoms with van der Waals surface area (Å²) in [5.74, 6) is -1.53. The van der Waals surface area contributed by atoms with Crippen molar-refractivity contribution in [3.63, 3.8) is 0 Å². The molecule has 0 aliphatic heterocycles. The number of hydrogen-bond donors (Lipinski definition) is 2. The molecule has 22 heavy (non-hydrogen) atoms. The molecule has 0 bridgehead atoms. The van der Waals surface area contributed by atoms with E-state index >= 15 is 0 Å². The lowest BCUT2D eigenvalue weighted by atomic mass is 10.2. The van der Waals surface area contributed by atoms with Gasteiger partial charge in [0.05, 0.1) is 11.3 Å². The number of amides is 1. The summed E-state index contributed by atoms with van der Waals surface area (Å²) in [5.41, 5.74) is 0.170. The zero-order valence-electron chi connectivity index (χ0n) is 12.7. The summed E-state index contributed by atoms with van der Waals surface area (Å²) in [6.45, 7) is 3.48. The monoisotopic (exact) mass is 328 g/mol. The Morgan fingerprint density at radius 1 is 1.32 bits per heavy atom. The Morgan fingerprint density at radius 3 is 2.50 bits per heavy atom. The minimum Gasteiger partial charge on any atom is -0.481 e. The highest BCUT2D eigenvalue weighted by atomic mass is 32.2. The van der Waals surface area contributed by atoms with E-state index in [4.69, 9.17) is 5.11 Å². The summed E-state index contributed by atoms with van der Waals surface area (Å²) >= 11 is 0.